The Hall–Kier alpha value is -1.65. The number of nitrogens with zero attached hydrogens (tertiary/aromatic N) is 3. The van der Waals surface area contributed by atoms with Crippen LogP contribution >= 0.6 is 0 Å². The molecule has 0 amide bonds. The number of rotatable bonds is 0. The topological polar surface area (TPSA) is 39.8 Å². The predicted octanol–water partition coefficient (Wildman–Crippen LogP) is 0.411. The van der Waals surface area contributed by atoms with Gasteiger partial charge < -0.3 is 9.13 Å². The van der Waals surface area contributed by atoms with Crippen LogP contribution in [0.2, 0.25) is 0 Å². The van der Waals surface area contributed by atoms with Gasteiger partial charge in [0.25, 0.3) is 5.56 Å². The third kappa shape index (κ3) is 0.965. The molecular formula is C8H8FN3O. The molecule has 0 unspecified atom stereocenters. The fraction of sp³-hybridized carbons (Fsp3) is 0.250. The Morgan fingerprint density at radius 1 is 1.38 bits per heavy atom. The van der Waals surface area contributed by atoms with Crippen LogP contribution in [0.4, 0.5) is 4.39 Å². The van der Waals surface area contributed by atoms with Crippen LogP contribution in [0.1, 0.15) is 0 Å². The van der Waals surface area contributed by atoms with Gasteiger partial charge in [-0.05, 0) is 0 Å². The van der Waals surface area contributed by atoms with Crippen molar-refractivity contribution in [2.24, 2.45) is 14.1 Å². The van der Waals surface area contributed by atoms with Gasteiger partial charge in [-0.15, -0.1) is 0 Å². The van der Waals surface area contributed by atoms with Crippen LogP contribution in [0.25, 0.3) is 11.0 Å². The number of aromatic nitrogens is 3. The van der Waals surface area contributed by atoms with Gasteiger partial charge in [-0.25, -0.2) is 9.37 Å². The van der Waals surface area contributed by atoms with Gasteiger partial charge in [0.05, 0.1) is 6.33 Å². The van der Waals surface area contributed by atoms with E-state index < -0.39 is 5.82 Å². The van der Waals surface area contributed by atoms with E-state index in [2.05, 4.69) is 4.98 Å². The van der Waals surface area contributed by atoms with Crippen LogP contribution in [-0.4, -0.2) is 14.1 Å². The van der Waals surface area contributed by atoms with E-state index in [4.69, 9.17) is 0 Å². The van der Waals surface area contributed by atoms with Crippen LogP contribution in [0.15, 0.2) is 17.3 Å². The second kappa shape index (κ2) is 2.42. The molecule has 0 saturated heterocycles. The zero-order valence-electron chi connectivity index (χ0n) is 7.28. The molecule has 4 nitrogen and oxygen atoms in total. The van der Waals surface area contributed by atoms with E-state index in [-0.39, 0.29) is 10.9 Å². The molecule has 5 heteroatoms. The summed E-state index contributed by atoms with van der Waals surface area (Å²) in [4.78, 5) is 15.4. The SMILES string of the molecule is Cn1cnc2c(c(F)cn2C)c1=O. The monoisotopic (exact) mass is 181 g/mol. The predicted molar refractivity (Wildman–Crippen MR) is 45.9 cm³/mol. The molecule has 2 aromatic rings. The molecule has 0 aliphatic carbocycles. The molecule has 68 valence electrons. The summed E-state index contributed by atoms with van der Waals surface area (Å²) in [6.07, 6.45) is 2.63. The average Bonchev–Trinajstić information content (AvgIpc) is 2.35. The summed E-state index contributed by atoms with van der Waals surface area (Å²) in [7, 11) is 3.19. The Morgan fingerprint density at radius 2 is 2.08 bits per heavy atom. The fourth-order valence-electron chi connectivity index (χ4n) is 1.30. The Labute approximate surface area is 73.2 Å². The molecule has 0 aromatic carbocycles. The van der Waals surface area contributed by atoms with Crippen LogP contribution in [0.3, 0.4) is 0 Å². The third-order valence-electron chi connectivity index (χ3n) is 1.99. The van der Waals surface area contributed by atoms with E-state index in [0.29, 0.717) is 5.65 Å². The average molecular weight is 181 g/mol. The molecule has 0 atom stereocenters. The summed E-state index contributed by atoms with van der Waals surface area (Å²) in [5.41, 5.74) is 0.0173. The first kappa shape index (κ1) is 7.97. The van der Waals surface area contributed by atoms with Gasteiger partial charge in [-0.2, -0.15) is 0 Å². The molecule has 0 bridgehead atoms. The molecule has 0 spiro atoms. The van der Waals surface area contributed by atoms with Crippen LogP contribution in [0, 0.1) is 5.82 Å². The van der Waals surface area contributed by atoms with Gasteiger partial charge in [-0.1, -0.05) is 0 Å². The summed E-state index contributed by atoms with van der Waals surface area (Å²) in [6.45, 7) is 0. The van der Waals surface area contributed by atoms with Crippen molar-refractivity contribution in [2.75, 3.05) is 0 Å². The molecule has 0 radical (unpaired) electrons. The quantitative estimate of drug-likeness (QED) is 0.590. The molecular weight excluding hydrogens is 173 g/mol. The standard InChI is InChI=1S/C8H8FN3O/c1-11-3-5(9)6-7(11)10-4-12(2)8(6)13/h3-4H,1-2H3. The van der Waals surface area contributed by atoms with Crippen molar-refractivity contribution in [2.45, 2.75) is 0 Å². The summed E-state index contributed by atoms with van der Waals surface area (Å²) in [6, 6.07) is 0. The van der Waals surface area contributed by atoms with Gasteiger partial charge in [0.2, 0.25) is 0 Å². The minimum Gasteiger partial charge on any atom is -0.332 e. The van der Waals surface area contributed by atoms with E-state index in [1.165, 1.54) is 21.7 Å². The Morgan fingerprint density at radius 3 is 2.77 bits per heavy atom. The number of hydrogen-bond acceptors (Lipinski definition) is 2. The molecule has 0 saturated carbocycles. The minimum absolute atomic E-state index is 0.0486. The zero-order valence-corrected chi connectivity index (χ0v) is 7.28. The lowest BCUT2D eigenvalue weighted by molar-refractivity contribution is 0.631. The van der Waals surface area contributed by atoms with Crippen molar-refractivity contribution in [1.82, 2.24) is 14.1 Å². The van der Waals surface area contributed by atoms with Gasteiger partial charge in [0.15, 0.2) is 5.82 Å². The highest BCUT2D eigenvalue weighted by atomic mass is 19.1. The molecule has 2 heterocycles. The summed E-state index contributed by atoms with van der Waals surface area (Å²) in [5, 5.41) is 0.0486. The number of hydrogen-bond donors (Lipinski definition) is 0. The number of fused-ring (bicyclic) bond motifs is 1. The smallest absolute Gasteiger partial charge is 0.265 e. The van der Waals surface area contributed by atoms with Crippen LogP contribution in [0.5, 0.6) is 0 Å². The maximum atomic E-state index is 13.2. The van der Waals surface area contributed by atoms with Gasteiger partial charge >= 0.3 is 0 Å². The van der Waals surface area contributed by atoms with E-state index in [9.17, 15) is 9.18 Å². The van der Waals surface area contributed by atoms with Crippen molar-refractivity contribution < 1.29 is 4.39 Å². The molecule has 0 aliphatic rings. The molecule has 13 heavy (non-hydrogen) atoms. The first-order valence-corrected chi connectivity index (χ1v) is 3.77. The molecule has 2 rings (SSSR count). The van der Waals surface area contributed by atoms with Gasteiger partial charge in [0, 0.05) is 20.3 Å². The van der Waals surface area contributed by atoms with Crippen molar-refractivity contribution in [3.63, 3.8) is 0 Å². The Balaban J connectivity index is 3.08. The van der Waals surface area contributed by atoms with Crippen molar-refractivity contribution >= 4 is 11.0 Å². The van der Waals surface area contributed by atoms with Crippen molar-refractivity contribution in [1.29, 1.82) is 0 Å². The minimum atomic E-state index is -0.522. The largest absolute Gasteiger partial charge is 0.332 e. The second-order valence-electron chi connectivity index (χ2n) is 2.95. The highest BCUT2D eigenvalue weighted by Crippen LogP contribution is 2.11. The number of halogens is 1. The fourth-order valence-corrected chi connectivity index (χ4v) is 1.30. The lowest BCUT2D eigenvalue weighted by Gasteiger charge is -1.96. The van der Waals surface area contributed by atoms with E-state index in [1.807, 2.05) is 0 Å². The van der Waals surface area contributed by atoms with Crippen LogP contribution in [-0.2, 0) is 14.1 Å². The normalized spacial score (nSPS) is 11.0. The van der Waals surface area contributed by atoms with Crippen LogP contribution < -0.4 is 5.56 Å². The number of aryl methyl sites for hydroxylation is 2. The summed E-state index contributed by atoms with van der Waals surface area (Å²) in [5.74, 6) is -0.522. The first-order chi connectivity index (χ1) is 6.11. The van der Waals surface area contributed by atoms with E-state index in [1.54, 1.807) is 14.1 Å². The second-order valence-corrected chi connectivity index (χ2v) is 2.95. The maximum Gasteiger partial charge on any atom is 0.265 e. The first-order valence-electron chi connectivity index (χ1n) is 3.77. The maximum absolute atomic E-state index is 13.2. The molecule has 2 aromatic heterocycles. The van der Waals surface area contributed by atoms with Gasteiger partial charge in [-0.3, -0.25) is 4.79 Å². The summed E-state index contributed by atoms with van der Waals surface area (Å²) >= 11 is 0. The van der Waals surface area contributed by atoms with E-state index in [0.717, 1.165) is 0 Å². The molecule has 0 fully saturated rings. The third-order valence-corrected chi connectivity index (χ3v) is 1.99. The summed E-state index contributed by atoms with van der Waals surface area (Å²) < 4.78 is 15.9. The van der Waals surface area contributed by atoms with E-state index >= 15 is 0 Å². The lowest BCUT2D eigenvalue weighted by Crippen LogP contribution is -2.17. The Bertz CT molecular complexity index is 526. The Kier molecular flexibility index (Phi) is 1.48. The zero-order chi connectivity index (χ0) is 9.59. The van der Waals surface area contributed by atoms with Crippen molar-refractivity contribution in [3.05, 3.63) is 28.7 Å². The highest BCUT2D eigenvalue weighted by Gasteiger charge is 2.11. The van der Waals surface area contributed by atoms with Crippen molar-refractivity contribution in [3.8, 4) is 0 Å². The lowest BCUT2D eigenvalue weighted by atomic mass is 10.4. The highest BCUT2D eigenvalue weighted by molar-refractivity contribution is 5.75. The molecule has 0 N–H and O–H groups in total. The van der Waals surface area contributed by atoms with Gasteiger partial charge in [0.1, 0.15) is 11.0 Å². The molecule has 0 aliphatic heterocycles.